The van der Waals surface area contributed by atoms with Crippen molar-refractivity contribution in [3.63, 3.8) is 0 Å². The monoisotopic (exact) mass is 650 g/mol. The maximum Gasteiger partial charge on any atom is 0.137 e. The number of hydrogen-bond acceptors (Lipinski definition) is 2. The Morgan fingerprint density at radius 1 is 0.373 bits per heavy atom. The number of furan rings is 1. The smallest absolute Gasteiger partial charge is 0.137 e. The molecule has 2 heterocycles. The Hall–Kier alpha value is -6.84. The van der Waals surface area contributed by atoms with E-state index in [1.807, 2.05) is 6.07 Å². The van der Waals surface area contributed by atoms with Gasteiger partial charge in [0.2, 0.25) is 0 Å². The van der Waals surface area contributed by atoms with Crippen molar-refractivity contribution in [2.24, 2.45) is 0 Å². The van der Waals surface area contributed by atoms with E-state index >= 15 is 0 Å². The third kappa shape index (κ3) is 4.19. The van der Waals surface area contributed by atoms with E-state index in [9.17, 15) is 0 Å². The Morgan fingerprint density at radius 2 is 1.00 bits per heavy atom. The first-order chi connectivity index (χ1) is 25.3. The van der Waals surface area contributed by atoms with Crippen molar-refractivity contribution < 1.29 is 4.42 Å². The second-order valence-corrected chi connectivity index (χ2v) is 13.3. The minimum atomic E-state index is 0.874. The second-order valence-electron chi connectivity index (χ2n) is 13.3. The zero-order chi connectivity index (χ0) is 33.5. The molecule has 0 radical (unpaired) electrons. The van der Waals surface area contributed by atoms with E-state index in [-0.39, 0.29) is 0 Å². The third-order valence-electron chi connectivity index (χ3n) is 10.5. The number of nitrogens with zero attached hydrogens (tertiary/aromatic N) is 2. The molecule has 9 aromatic carbocycles. The van der Waals surface area contributed by atoms with Crippen LogP contribution in [0, 0.1) is 0 Å². The summed E-state index contributed by atoms with van der Waals surface area (Å²) in [4.78, 5) is 2.41. The molecule has 11 rings (SSSR count). The minimum absolute atomic E-state index is 0.874. The molecule has 0 saturated carbocycles. The van der Waals surface area contributed by atoms with Crippen LogP contribution in [0.25, 0.3) is 81.7 Å². The van der Waals surface area contributed by atoms with Crippen LogP contribution >= 0.6 is 0 Å². The van der Waals surface area contributed by atoms with Crippen molar-refractivity contribution in [1.82, 2.24) is 4.57 Å². The van der Waals surface area contributed by atoms with Gasteiger partial charge in [0.1, 0.15) is 11.2 Å². The van der Waals surface area contributed by atoms with Crippen molar-refractivity contribution in [3.05, 3.63) is 182 Å². The van der Waals surface area contributed by atoms with Crippen molar-refractivity contribution in [1.29, 1.82) is 0 Å². The molecule has 0 aliphatic rings. The molecule has 0 N–H and O–H groups in total. The highest BCUT2D eigenvalue weighted by molar-refractivity contribution is 6.19. The highest BCUT2D eigenvalue weighted by atomic mass is 16.3. The highest BCUT2D eigenvalue weighted by Gasteiger charge is 2.22. The van der Waals surface area contributed by atoms with Crippen LogP contribution in [0.2, 0.25) is 0 Å². The Labute approximate surface area is 293 Å². The molecule has 0 amide bonds. The average molecular weight is 651 g/mol. The van der Waals surface area contributed by atoms with Crippen LogP contribution in [-0.4, -0.2) is 4.57 Å². The van der Waals surface area contributed by atoms with Crippen LogP contribution < -0.4 is 4.90 Å². The molecule has 0 unspecified atom stereocenters. The molecular weight excluding hydrogens is 621 g/mol. The van der Waals surface area contributed by atoms with E-state index in [1.165, 1.54) is 54.1 Å². The van der Waals surface area contributed by atoms with E-state index in [1.54, 1.807) is 0 Å². The van der Waals surface area contributed by atoms with Gasteiger partial charge < -0.3 is 13.9 Å². The summed E-state index contributed by atoms with van der Waals surface area (Å²) in [6, 6.07) is 65.6. The molecule has 2 aromatic heterocycles. The lowest BCUT2D eigenvalue weighted by molar-refractivity contribution is 0.669. The molecule has 3 nitrogen and oxygen atoms in total. The number of hydrogen-bond donors (Lipinski definition) is 0. The molecule has 0 spiro atoms. The minimum Gasteiger partial charge on any atom is -0.456 e. The van der Waals surface area contributed by atoms with Crippen LogP contribution in [0.4, 0.5) is 17.1 Å². The summed E-state index contributed by atoms with van der Waals surface area (Å²) in [6.45, 7) is 0. The van der Waals surface area contributed by atoms with Gasteiger partial charge in [0, 0.05) is 33.2 Å². The summed E-state index contributed by atoms with van der Waals surface area (Å²) < 4.78 is 8.79. The van der Waals surface area contributed by atoms with E-state index in [2.05, 4.69) is 185 Å². The first-order valence-electron chi connectivity index (χ1n) is 17.4. The first kappa shape index (κ1) is 28.0. The molecule has 11 aromatic rings. The lowest BCUT2D eigenvalue weighted by Crippen LogP contribution is -2.10. The molecule has 0 atom stereocenters. The van der Waals surface area contributed by atoms with E-state index in [0.29, 0.717) is 0 Å². The van der Waals surface area contributed by atoms with Gasteiger partial charge in [0.05, 0.1) is 22.1 Å². The Morgan fingerprint density at radius 3 is 1.88 bits per heavy atom. The molecule has 0 aliphatic heterocycles. The summed E-state index contributed by atoms with van der Waals surface area (Å²) in [7, 11) is 0. The van der Waals surface area contributed by atoms with Crippen molar-refractivity contribution in [2.45, 2.75) is 0 Å². The van der Waals surface area contributed by atoms with Crippen molar-refractivity contribution in [3.8, 4) is 5.69 Å². The molecular formula is C48H30N2O. The maximum atomic E-state index is 6.42. The molecule has 0 aliphatic carbocycles. The van der Waals surface area contributed by atoms with Gasteiger partial charge in [-0.25, -0.2) is 0 Å². The van der Waals surface area contributed by atoms with Crippen LogP contribution in [0.1, 0.15) is 0 Å². The summed E-state index contributed by atoms with van der Waals surface area (Å²) >= 11 is 0. The number of benzene rings is 9. The quantitative estimate of drug-likeness (QED) is 0.177. The number of aromatic nitrogens is 1. The van der Waals surface area contributed by atoms with Crippen LogP contribution in [-0.2, 0) is 0 Å². The van der Waals surface area contributed by atoms with Gasteiger partial charge in [-0.15, -0.1) is 0 Å². The topological polar surface area (TPSA) is 21.3 Å². The average Bonchev–Trinajstić information content (AvgIpc) is 3.74. The zero-order valence-corrected chi connectivity index (χ0v) is 27.6. The maximum absolute atomic E-state index is 6.42. The normalized spacial score (nSPS) is 11.9. The third-order valence-corrected chi connectivity index (χ3v) is 10.5. The number of rotatable bonds is 4. The predicted molar refractivity (Wildman–Crippen MR) is 215 cm³/mol. The van der Waals surface area contributed by atoms with Gasteiger partial charge >= 0.3 is 0 Å². The Bertz CT molecular complexity index is 3150. The van der Waals surface area contributed by atoms with Crippen molar-refractivity contribution in [2.75, 3.05) is 4.90 Å². The molecule has 0 saturated heterocycles. The fraction of sp³-hybridized carbons (Fsp3) is 0. The second kappa shape index (κ2) is 10.8. The summed E-state index contributed by atoms with van der Waals surface area (Å²) in [6.07, 6.45) is 0. The van der Waals surface area contributed by atoms with Crippen LogP contribution in [0.3, 0.4) is 0 Å². The SMILES string of the molecule is c1ccc(-n2c3ccccc3c3cc(N(c4ccc5c(ccc6c7ccccc7ccc56)c4)c4cccc5oc6ccccc6c45)ccc32)cc1. The summed E-state index contributed by atoms with van der Waals surface area (Å²) in [5.74, 6) is 0. The Kier molecular flexibility index (Phi) is 5.96. The molecule has 0 fully saturated rings. The fourth-order valence-electron chi connectivity index (χ4n) is 8.28. The summed E-state index contributed by atoms with van der Waals surface area (Å²) in [5.41, 5.74) is 8.53. The van der Waals surface area contributed by atoms with Gasteiger partial charge in [0.15, 0.2) is 0 Å². The fourth-order valence-corrected chi connectivity index (χ4v) is 8.28. The molecule has 238 valence electrons. The molecule has 0 bridgehead atoms. The predicted octanol–water partition coefficient (Wildman–Crippen LogP) is 13.6. The number of fused-ring (bicyclic) bond motifs is 11. The van der Waals surface area contributed by atoms with E-state index < -0.39 is 0 Å². The number of para-hydroxylation sites is 3. The molecule has 3 heteroatoms. The Balaban J connectivity index is 1.19. The van der Waals surface area contributed by atoms with Gasteiger partial charge in [-0.05, 0) is 99.0 Å². The van der Waals surface area contributed by atoms with Crippen molar-refractivity contribution >= 4 is 93.1 Å². The first-order valence-corrected chi connectivity index (χ1v) is 17.4. The van der Waals surface area contributed by atoms with Gasteiger partial charge in [-0.3, -0.25) is 0 Å². The number of anilines is 3. The highest BCUT2D eigenvalue weighted by Crippen LogP contribution is 2.45. The standard InChI is InChI=1S/C48H30N2O/c1-2-12-33(13-3-1)50-43-17-8-6-15-40(43)42-30-35(24-28-44(42)50)49(45-18-10-20-47-48(45)41-16-7-9-19-46(41)51-47)34-23-27-37-32(29-34)22-26-38-36-14-5-4-11-31(36)21-25-39(37)38/h1-30H. The van der Waals surface area contributed by atoms with Gasteiger partial charge in [0.25, 0.3) is 0 Å². The summed E-state index contributed by atoms with van der Waals surface area (Å²) in [5, 5.41) is 12.2. The van der Waals surface area contributed by atoms with Crippen LogP contribution in [0.15, 0.2) is 186 Å². The van der Waals surface area contributed by atoms with E-state index in [4.69, 9.17) is 4.42 Å². The largest absolute Gasteiger partial charge is 0.456 e. The van der Waals surface area contributed by atoms with Gasteiger partial charge in [-0.2, -0.15) is 0 Å². The van der Waals surface area contributed by atoms with Crippen LogP contribution in [0.5, 0.6) is 0 Å². The van der Waals surface area contributed by atoms with Gasteiger partial charge in [-0.1, -0.05) is 115 Å². The zero-order valence-electron chi connectivity index (χ0n) is 27.6. The molecule has 51 heavy (non-hydrogen) atoms. The van der Waals surface area contributed by atoms with E-state index in [0.717, 1.165) is 44.7 Å². The lowest BCUT2D eigenvalue weighted by Gasteiger charge is -2.27. The lowest BCUT2D eigenvalue weighted by atomic mass is 9.96.